The van der Waals surface area contributed by atoms with E-state index in [4.69, 9.17) is 0 Å². The maximum absolute atomic E-state index is 12.8. The molecule has 0 N–H and O–H groups in total. The molecule has 0 unspecified atom stereocenters. The van der Waals surface area contributed by atoms with Gasteiger partial charge in [-0.1, -0.05) is 6.07 Å². The number of amides is 1. The number of fused-ring (bicyclic) bond motifs is 1. The largest absolute Gasteiger partial charge is 0.467 e. The second kappa shape index (κ2) is 5.86. The van der Waals surface area contributed by atoms with Gasteiger partial charge in [0, 0.05) is 6.42 Å². The van der Waals surface area contributed by atoms with E-state index in [9.17, 15) is 22.8 Å². The summed E-state index contributed by atoms with van der Waals surface area (Å²) in [7, 11) is 2.32. The molecule has 0 aliphatic carbocycles. The Balaban J connectivity index is 2.40. The lowest BCUT2D eigenvalue weighted by Crippen LogP contribution is -2.49. The van der Waals surface area contributed by atoms with E-state index in [1.165, 1.54) is 13.2 Å². The quantitative estimate of drug-likeness (QED) is 0.746. The van der Waals surface area contributed by atoms with Gasteiger partial charge in [-0.2, -0.15) is 13.2 Å². The minimum Gasteiger partial charge on any atom is -0.467 e. The van der Waals surface area contributed by atoms with Crippen molar-refractivity contribution in [1.82, 2.24) is 4.90 Å². The Bertz CT molecular complexity index is 600. The first-order valence-corrected chi connectivity index (χ1v) is 6.39. The van der Waals surface area contributed by atoms with E-state index in [2.05, 4.69) is 9.47 Å². The van der Waals surface area contributed by atoms with Gasteiger partial charge in [0.05, 0.1) is 26.3 Å². The molecule has 0 saturated heterocycles. The minimum atomic E-state index is -4.47. The number of carbonyl (C=O) groups excluding carboxylic acids is 2. The SMILES string of the molecule is COC(=O)[C@@H]1Cc2ccc(C(F)(F)F)cc2CN1C(=O)OC. The van der Waals surface area contributed by atoms with Crippen molar-refractivity contribution in [3.63, 3.8) is 0 Å². The van der Waals surface area contributed by atoms with E-state index in [-0.39, 0.29) is 13.0 Å². The maximum Gasteiger partial charge on any atom is 0.416 e. The fourth-order valence-electron chi connectivity index (χ4n) is 2.42. The normalized spacial score (nSPS) is 17.7. The topological polar surface area (TPSA) is 55.8 Å². The third-order valence-electron chi connectivity index (χ3n) is 3.55. The molecule has 0 saturated carbocycles. The Morgan fingerprint density at radius 3 is 2.41 bits per heavy atom. The van der Waals surface area contributed by atoms with Crippen molar-refractivity contribution >= 4 is 12.1 Å². The van der Waals surface area contributed by atoms with Crippen LogP contribution < -0.4 is 0 Å². The van der Waals surface area contributed by atoms with Crippen molar-refractivity contribution < 1.29 is 32.2 Å². The van der Waals surface area contributed by atoms with Gasteiger partial charge in [-0.15, -0.1) is 0 Å². The van der Waals surface area contributed by atoms with Gasteiger partial charge in [0.15, 0.2) is 0 Å². The maximum atomic E-state index is 12.8. The zero-order valence-electron chi connectivity index (χ0n) is 11.9. The van der Waals surface area contributed by atoms with Crippen LogP contribution in [0.2, 0.25) is 0 Å². The van der Waals surface area contributed by atoms with Crippen molar-refractivity contribution in [2.24, 2.45) is 0 Å². The van der Waals surface area contributed by atoms with Crippen LogP contribution in [0.1, 0.15) is 16.7 Å². The van der Waals surface area contributed by atoms with Crippen molar-refractivity contribution in [3.05, 3.63) is 34.9 Å². The zero-order chi connectivity index (χ0) is 16.5. The van der Waals surface area contributed by atoms with Crippen LogP contribution >= 0.6 is 0 Å². The van der Waals surface area contributed by atoms with Crippen LogP contribution in [0, 0.1) is 0 Å². The summed E-state index contributed by atoms with van der Waals surface area (Å²) in [4.78, 5) is 24.6. The second-order valence-electron chi connectivity index (χ2n) is 4.82. The van der Waals surface area contributed by atoms with Gasteiger partial charge >= 0.3 is 18.2 Å². The van der Waals surface area contributed by atoms with E-state index in [1.54, 1.807) is 0 Å². The molecule has 1 aromatic carbocycles. The number of rotatable bonds is 1. The standard InChI is InChI=1S/C14H14F3NO4/c1-21-12(19)11-6-8-3-4-10(14(15,16)17)5-9(8)7-18(11)13(20)22-2/h3-5,11H,6-7H2,1-2H3/t11-/m0/s1. The molecule has 0 aromatic heterocycles. The summed E-state index contributed by atoms with van der Waals surface area (Å²) in [6.07, 6.45) is -5.18. The van der Waals surface area contributed by atoms with Crippen molar-refractivity contribution in [2.45, 2.75) is 25.2 Å². The number of hydrogen-bond acceptors (Lipinski definition) is 4. The number of alkyl halides is 3. The first-order valence-electron chi connectivity index (χ1n) is 6.39. The predicted molar refractivity (Wildman–Crippen MR) is 68.9 cm³/mol. The number of hydrogen-bond donors (Lipinski definition) is 0. The number of methoxy groups -OCH3 is 2. The van der Waals surface area contributed by atoms with Crippen LogP contribution in [0.5, 0.6) is 0 Å². The lowest BCUT2D eigenvalue weighted by atomic mass is 9.92. The van der Waals surface area contributed by atoms with Gasteiger partial charge in [0.25, 0.3) is 0 Å². The molecule has 0 spiro atoms. The summed E-state index contributed by atoms with van der Waals surface area (Å²) in [6.45, 7) is -0.147. The lowest BCUT2D eigenvalue weighted by Gasteiger charge is -2.34. The van der Waals surface area contributed by atoms with Gasteiger partial charge in [0.2, 0.25) is 0 Å². The van der Waals surface area contributed by atoms with E-state index >= 15 is 0 Å². The molecule has 0 fully saturated rings. The lowest BCUT2D eigenvalue weighted by molar-refractivity contribution is -0.147. The molecule has 120 valence electrons. The van der Waals surface area contributed by atoms with Crippen LogP contribution in [0.3, 0.4) is 0 Å². The van der Waals surface area contributed by atoms with Gasteiger partial charge in [-0.3, -0.25) is 4.90 Å². The number of ether oxygens (including phenoxy) is 2. The smallest absolute Gasteiger partial charge is 0.416 e. The van der Waals surface area contributed by atoms with Crippen LogP contribution in [0.15, 0.2) is 18.2 Å². The molecule has 2 rings (SSSR count). The Morgan fingerprint density at radius 2 is 1.86 bits per heavy atom. The predicted octanol–water partition coefficient (Wildman–Crippen LogP) is 2.37. The molecule has 1 atom stereocenters. The number of esters is 1. The third kappa shape index (κ3) is 3.00. The summed E-state index contributed by atoms with van der Waals surface area (Å²) in [5.41, 5.74) is 0.108. The second-order valence-corrected chi connectivity index (χ2v) is 4.82. The number of halogens is 3. The molecule has 8 heteroatoms. The van der Waals surface area contributed by atoms with Crippen molar-refractivity contribution in [2.75, 3.05) is 14.2 Å². The molecular weight excluding hydrogens is 303 g/mol. The van der Waals surface area contributed by atoms with Crippen molar-refractivity contribution in [3.8, 4) is 0 Å². The summed E-state index contributed by atoms with van der Waals surface area (Å²) in [5.74, 6) is -0.643. The molecule has 1 aliphatic heterocycles. The molecule has 5 nitrogen and oxygen atoms in total. The van der Waals surface area contributed by atoms with Gasteiger partial charge in [-0.05, 0) is 23.3 Å². The summed E-state index contributed by atoms with van der Waals surface area (Å²) in [5, 5.41) is 0. The molecule has 1 aliphatic rings. The number of carbonyl (C=O) groups is 2. The van der Waals surface area contributed by atoms with Gasteiger partial charge in [0.1, 0.15) is 6.04 Å². The first-order chi connectivity index (χ1) is 10.3. The average molecular weight is 317 g/mol. The number of nitrogens with zero attached hydrogens (tertiary/aromatic N) is 1. The summed E-state index contributed by atoms with van der Waals surface area (Å²) in [6, 6.07) is 2.35. The molecule has 1 heterocycles. The molecule has 22 heavy (non-hydrogen) atoms. The van der Waals surface area contributed by atoms with Crippen LogP contribution in [0.25, 0.3) is 0 Å². The Kier molecular flexibility index (Phi) is 4.30. The monoisotopic (exact) mass is 317 g/mol. The minimum absolute atomic E-state index is 0.0786. The molecule has 0 bridgehead atoms. The van der Waals surface area contributed by atoms with E-state index in [0.29, 0.717) is 11.1 Å². The Hall–Kier alpha value is -2.25. The van der Waals surface area contributed by atoms with Crippen LogP contribution in [-0.2, 0) is 33.4 Å². The molecule has 0 radical (unpaired) electrons. The third-order valence-corrected chi connectivity index (χ3v) is 3.55. The van der Waals surface area contributed by atoms with Crippen LogP contribution in [-0.4, -0.2) is 37.2 Å². The average Bonchev–Trinajstić information content (AvgIpc) is 2.50. The number of benzene rings is 1. The highest BCUT2D eigenvalue weighted by Gasteiger charge is 2.38. The van der Waals surface area contributed by atoms with E-state index in [1.807, 2.05) is 0 Å². The van der Waals surface area contributed by atoms with E-state index < -0.39 is 29.8 Å². The fraction of sp³-hybridized carbons (Fsp3) is 0.429. The highest BCUT2D eigenvalue weighted by atomic mass is 19.4. The highest BCUT2D eigenvalue weighted by molar-refractivity contribution is 5.82. The first kappa shape index (κ1) is 16.1. The molecule has 1 aromatic rings. The molecule has 1 amide bonds. The zero-order valence-corrected chi connectivity index (χ0v) is 11.9. The molecular formula is C14H14F3NO4. The summed E-state index contributed by atoms with van der Waals surface area (Å²) >= 11 is 0. The Labute approximate surface area is 124 Å². The van der Waals surface area contributed by atoms with Crippen LogP contribution in [0.4, 0.5) is 18.0 Å². The van der Waals surface area contributed by atoms with E-state index in [0.717, 1.165) is 24.1 Å². The van der Waals surface area contributed by atoms with Crippen molar-refractivity contribution in [1.29, 1.82) is 0 Å². The fourth-order valence-corrected chi connectivity index (χ4v) is 2.42. The highest BCUT2D eigenvalue weighted by Crippen LogP contribution is 2.33. The van der Waals surface area contributed by atoms with Gasteiger partial charge < -0.3 is 9.47 Å². The Morgan fingerprint density at radius 1 is 1.18 bits per heavy atom. The summed E-state index contributed by atoms with van der Waals surface area (Å²) < 4.78 is 47.5. The van der Waals surface area contributed by atoms with Gasteiger partial charge in [-0.25, -0.2) is 9.59 Å².